The molecule has 0 radical (unpaired) electrons. The Kier molecular flexibility index (Phi) is 6.07. The maximum Gasteiger partial charge on any atom is 0.255 e. The molecule has 0 atom stereocenters. The van der Waals surface area contributed by atoms with E-state index in [2.05, 4.69) is 10.3 Å². The van der Waals surface area contributed by atoms with Crippen LogP contribution in [0.15, 0.2) is 76.8 Å². The third kappa shape index (κ3) is 4.93. The Morgan fingerprint density at radius 1 is 1.07 bits per heavy atom. The van der Waals surface area contributed by atoms with Crippen LogP contribution >= 0.6 is 11.8 Å². The number of morpholine rings is 1. The molecular weight excluding hydrogens is 389 g/mol. The van der Waals surface area contributed by atoms with Gasteiger partial charge in [0, 0.05) is 35.4 Å². The highest BCUT2D eigenvalue weighted by molar-refractivity contribution is 7.99. The molecule has 7 heteroatoms. The predicted octanol–water partition coefficient (Wildman–Crippen LogP) is 4.46. The fourth-order valence-electron chi connectivity index (χ4n) is 3.05. The first-order valence-electron chi connectivity index (χ1n) is 9.31. The summed E-state index contributed by atoms with van der Waals surface area (Å²) in [6, 6.07) is 17.7. The third-order valence-corrected chi connectivity index (χ3v) is 5.49. The Morgan fingerprint density at radius 3 is 2.55 bits per heavy atom. The van der Waals surface area contributed by atoms with Gasteiger partial charge in [0.25, 0.3) is 5.91 Å². The molecule has 1 fully saturated rings. The number of amides is 1. The van der Waals surface area contributed by atoms with Crippen molar-refractivity contribution in [2.24, 2.45) is 0 Å². The van der Waals surface area contributed by atoms with E-state index < -0.39 is 0 Å². The average Bonchev–Trinajstić information content (AvgIpc) is 2.76. The molecule has 1 aliphatic rings. The van der Waals surface area contributed by atoms with Gasteiger partial charge in [-0.25, -0.2) is 9.37 Å². The normalized spacial score (nSPS) is 13.9. The highest BCUT2D eigenvalue weighted by Crippen LogP contribution is 2.27. The number of carbonyl (C=O) groups excluding carboxylic acids is 1. The van der Waals surface area contributed by atoms with E-state index in [4.69, 9.17) is 4.74 Å². The molecule has 2 aromatic carbocycles. The molecule has 0 unspecified atom stereocenters. The van der Waals surface area contributed by atoms with Crippen molar-refractivity contribution in [3.05, 3.63) is 78.2 Å². The zero-order chi connectivity index (χ0) is 20.1. The summed E-state index contributed by atoms with van der Waals surface area (Å²) >= 11 is 1.52. The number of anilines is 2. The fraction of sp³-hybridized carbons (Fsp3) is 0.182. The summed E-state index contributed by atoms with van der Waals surface area (Å²) in [5, 5.41) is 3.65. The van der Waals surface area contributed by atoms with Gasteiger partial charge in [0.15, 0.2) is 0 Å². The minimum atomic E-state index is -0.355. The van der Waals surface area contributed by atoms with E-state index in [0.29, 0.717) is 43.2 Å². The Labute approximate surface area is 172 Å². The summed E-state index contributed by atoms with van der Waals surface area (Å²) in [6.45, 7) is 2.50. The van der Waals surface area contributed by atoms with Crippen molar-refractivity contribution in [3.8, 4) is 0 Å². The van der Waals surface area contributed by atoms with Crippen LogP contribution in [0.2, 0.25) is 0 Å². The molecule has 29 heavy (non-hydrogen) atoms. The summed E-state index contributed by atoms with van der Waals surface area (Å²) in [4.78, 5) is 19.7. The molecule has 0 aliphatic carbocycles. The van der Waals surface area contributed by atoms with Gasteiger partial charge in [-0.3, -0.25) is 4.79 Å². The van der Waals surface area contributed by atoms with Gasteiger partial charge in [0.2, 0.25) is 0 Å². The molecule has 5 nitrogen and oxygen atoms in total. The van der Waals surface area contributed by atoms with Crippen molar-refractivity contribution >= 4 is 29.0 Å². The summed E-state index contributed by atoms with van der Waals surface area (Å²) in [7, 11) is 0. The third-order valence-electron chi connectivity index (χ3n) is 4.53. The summed E-state index contributed by atoms with van der Waals surface area (Å²) in [5.74, 6) is -0.635. The molecule has 0 spiro atoms. The van der Waals surface area contributed by atoms with Crippen molar-refractivity contribution < 1.29 is 13.9 Å². The highest BCUT2D eigenvalue weighted by Gasteiger charge is 2.16. The molecule has 1 N–H and O–H groups in total. The summed E-state index contributed by atoms with van der Waals surface area (Å²) in [6.07, 6.45) is 1.74. The molecule has 1 amide bonds. The van der Waals surface area contributed by atoms with Crippen LogP contribution in [-0.2, 0) is 4.74 Å². The number of nitrogens with one attached hydrogen (secondary N) is 1. The SMILES string of the molecule is O=C(Nc1ccc(N2CCOCC2)c(F)c1)c1ccc(Sc2ccccn2)cc1. The number of hydrogen-bond acceptors (Lipinski definition) is 5. The van der Waals surface area contributed by atoms with Crippen LogP contribution in [0.5, 0.6) is 0 Å². The Bertz CT molecular complexity index is 977. The van der Waals surface area contributed by atoms with Crippen LogP contribution in [0.1, 0.15) is 10.4 Å². The van der Waals surface area contributed by atoms with Gasteiger partial charge in [-0.05, 0) is 54.6 Å². The van der Waals surface area contributed by atoms with E-state index in [9.17, 15) is 9.18 Å². The first kappa shape index (κ1) is 19.4. The topological polar surface area (TPSA) is 54.5 Å². The van der Waals surface area contributed by atoms with Gasteiger partial charge >= 0.3 is 0 Å². The number of hydrogen-bond donors (Lipinski definition) is 1. The van der Waals surface area contributed by atoms with Crippen molar-refractivity contribution in [3.63, 3.8) is 0 Å². The van der Waals surface area contributed by atoms with E-state index >= 15 is 0 Å². The second-order valence-electron chi connectivity index (χ2n) is 6.51. The zero-order valence-corrected chi connectivity index (χ0v) is 16.5. The second-order valence-corrected chi connectivity index (χ2v) is 7.61. The molecule has 1 saturated heterocycles. The lowest BCUT2D eigenvalue weighted by Crippen LogP contribution is -2.36. The zero-order valence-electron chi connectivity index (χ0n) is 15.7. The quantitative estimate of drug-likeness (QED) is 0.674. The van der Waals surface area contributed by atoms with Gasteiger partial charge in [-0.15, -0.1) is 0 Å². The van der Waals surface area contributed by atoms with Crippen LogP contribution in [0.25, 0.3) is 0 Å². The van der Waals surface area contributed by atoms with Gasteiger partial charge in [0.05, 0.1) is 18.9 Å². The fourth-order valence-corrected chi connectivity index (χ4v) is 3.83. The number of carbonyl (C=O) groups is 1. The minimum Gasteiger partial charge on any atom is -0.378 e. The molecule has 0 bridgehead atoms. The predicted molar refractivity (Wildman–Crippen MR) is 112 cm³/mol. The van der Waals surface area contributed by atoms with Gasteiger partial charge < -0.3 is 15.0 Å². The molecule has 2 heterocycles. The molecule has 1 aliphatic heterocycles. The van der Waals surface area contributed by atoms with E-state index in [0.717, 1.165) is 9.92 Å². The minimum absolute atomic E-state index is 0.280. The lowest BCUT2D eigenvalue weighted by molar-refractivity contribution is 0.102. The standard InChI is InChI=1S/C22H20FN3O2S/c23-19-15-17(6-9-20(19)26-11-13-28-14-12-26)25-22(27)16-4-7-18(8-5-16)29-21-3-1-2-10-24-21/h1-10,15H,11-14H2,(H,25,27). The first-order chi connectivity index (χ1) is 14.2. The van der Waals surface area contributed by atoms with Crippen LogP contribution in [0.4, 0.5) is 15.8 Å². The van der Waals surface area contributed by atoms with Gasteiger partial charge in [-0.2, -0.15) is 0 Å². The van der Waals surface area contributed by atoms with Crippen LogP contribution in [-0.4, -0.2) is 37.2 Å². The van der Waals surface area contributed by atoms with Crippen LogP contribution in [0, 0.1) is 5.82 Å². The van der Waals surface area contributed by atoms with Crippen LogP contribution < -0.4 is 10.2 Å². The Balaban J connectivity index is 1.40. The molecule has 4 rings (SSSR count). The number of aromatic nitrogens is 1. The molecule has 0 saturated carbocycles. The monoisotopic (exact) mass is 409 g/mol. The van der Waals surface area contributed by atoms with Crippen LogP contribution in [0.3, 0.4) is 0 Å². The number of pyridine rings is 1. The number of rotatable bonds is 5. The van der Waals surface area contributed by atoms with Gasteiger partial charge in [0.1, 0.15) is 10.8 Å². The molecule has 1 aromatic heterocycles. The first-order valence-corrected chi connectivity index (χ1v) is 10.1. The molecular formula is C22H20FN3O2S. The van der Waals surface area contributed by atoms with Crippen molar-refractivity contribution in [1.82, 2.24) is 4.98 Å². The summed E-state index contributed by atoms with van der Waals surface area (Å²) < 4.78 is 19.8. The lowest BCUT2D eigenvalue weighted by atomic mass is 10.2. The number of halogens is 1. The summed E-state index contributed by atoms with van der Waals surface area (Å²) in [5.41, 5.74) is 1.46. The molecule has 3 aromatic rings. The Hall–Kier alpha value is -2.90. The smallest absolute Gasteiger partial charge is 0.255 e. The largest absolute Gasteiger partial charge is 0.378 e. The van der Waals surface area contributed by atoms with E-state index in [-0.39, 0.29) is 11.7 Å². The van der Waals surface area contributed by atoms with E-state index in [1.54, 1.807) is 30.5 Å². The molecule has 148 valence electrons. The Morgan fingerprint density at radius 2 is 1.86 bits per heavy atom. The highest BCUT2D eigenvalue weighted by atomic mass is 32.2. The van der Waals surface area contributed by atoms with E-state index in [1.807, 2.05) is 35.2 Å². The maximum absolute atomic E-state index is 14.5. The maximum atomic E-state index is 14.5. The van der Waals surface area contributed by atoms with Gasteiger partial charge in [-0.1, -0.05) is 17.8 Å². The van der Waals surface area contributed by atoms with Crippen molar-refractivity contribution in [2.75, 3.05) is 36.5 Å². The van der Waals surface area contributed by atoms with E-state index in [1.165, 1.54) is 17.8 Å². The number of nitrogens with zero attached hydrogens (tertiary/aromatic N) is 2. The average molecular weight is 409 g/mol. The number of benzene rings is 2. The van der Waals surface area contributed by atoms with Crippen molar-refractivity contribution in [1.29, 1.82) is 0 Å². The van der Waals surface area contributed by atoms with Crippen molar-refractivity contribution in [2.45, 2.75) is 9.92 Å². The lowest BCUT2D eigenvalue weighted by Gasteiger charge is -2.29. The number of ether oxygens (including phenoxy) is 1. The second kappa shape index (κ2) is 9.07.